The Labute approximate surface area is 113 Å². The first kappa shape index (κ1) is 13.7. The molecule has 4 nitrogen and oxygen atoms in total. The van der Waals surface area contributed by atoms with Crippen LogP contribution < -0.4 is 14.2 Å². The van der Waals surface area contributed by atoms with Crippen LogP contribution in [0, 0.1) is 5.92 Å². The van der Waals surface area contributed by atoms with E-state index in [0.717, 1.165) is 12.8 Å². The molecule has 0 spiro atoms. The number of Topliss-reactive ketones (excluding diaryl/α,β-unsaturated/α-hetero) is 1. The van der Waals surface area contributed by atoms with E-state index in [2.05, 4.69) is 0 Å². The highest BCUT2D eigenvalue weighted by Gasteiger charge is 2.23. The van der Waals surface area contributed by atoms with E-state index in [1.165, 1.54) is 6.42 Å². The first-order chi connectivity index (χ1) is 9.19. The molecule has 1 aromatic rings. The Morgan fingerprint density at radius 2 is 1.68 bits per heavy atom. The predicted octanol–water partition coefficient (Wildman–Crippen LogP) is 3.09. The van der Waals surface area contributed by atoms with Gasteiger partial charge in [0.15, 0.2) is 17.3 Å². The molecule has 2 rings (SSSR count). The SMILES string of the molecule is COc1cc(C(=O)CC2CCC2)cc(OC)c1OC. The number of methoxy groups -OCH3 is 3. The molecule has 0 atom stereocenters. The maximum absolute atomic E-state index is 12.2. The molecule has 1 aromatic carbocycles. The normalized spacial score (nSPS) is 14.7. The number of carbonyl (C=O) groups excluding carboxylic acids is 1. The van der Waals surface area contributed by atoms with E-state index >= 15 is 0 Å². The second-order valence-corrected chi connectivity index (χ2v) is 4.84. The maximum Gasteiger partial charge on any atom is 0.203 e. The quantitative estimate of drug-likeness (QED) is 0.741. The Balaban J connectivity index is 2.26. The summed E-state index contributed by atoms with van der Waals surface area (Å²) in [5, 5.41) is 0. The second kappa shape index (κ2) is 5.95. The minimum absolute atomic E-state index is 0.143. The van der Waals surface area contributed by atoms with Crippen LogP contribution in [0.15, 0.2) is 12.1 Å². The van der Waals surface area contributed by atoms with Gasteiger partial charge in [-0.15, -0.1) is 0 Å². The summed E-state index contributed by atoms with van der Waals surface area (Å²) >= 11 is 0. The monoisotopic (exact) mass is 264 g/mol. The van der Waals surface area contributed by atoms with Gasteiger partial charge in [0, 0.05) is 12.0 Å². The number of ether oxygens (including phenoxy) is 3. The Bertz CT molecular complexity index is 438. The van der Waals surface area contributed by atoms with Crippen molar-refractivity contribution in [2.45, 2.75) is 25.7 Å². The van der Waals surface area contributed by atoms with Crippen LogP contribution in [-0.2, 0) is 0 Å². The standard InChI is InChI=1S/C15H20O4/c1-17-13-8-11(9-14(18-2)15(13)19-3)12(16)7-10-5-4-6-10/h8-10H,4-7H2,1-3H3. The Hall–Kier alpha value is -1.71. The van der Waals surface area contributed by atoms with Gasteiger partial charge in [-0.25, -0.2) is 0 Å². The molecule has 0 N–H and O–H groups in total. The van der Waals surface area contributed by atoms with Crippen molar-refractivity contribution in [1.82, 2.24) is 0 Å². The van der Waals surface area contributed by atoms with Gasteiger partial charge in [0.2, 0.25) is 5.75 Å². The first-order valence-corrected chi connectivity index (χ1v) is 6.52. The van der Waals surface area contributed by atoms with Crippen LogP contribution in [0.2, 0.25) is 0 Å². The summed E-state index contributed by atoms with van der Waals surface area (Å²) in [6.45, 7) is 0. The van der Waals surface area contributed by atoms with E-state index in [4.69, 9.17) is 14.2 Å². The Morgan fingerprint density at radius 3 is 2.05 bits per heavy atom. The molecule has 4 heteroatoms. The summed E-state index contributed by atoms with van der Waals surface area (Å²) in [7, 11) is 4.66. The highest BCUT2D eigenvalue weighted by atomic mass is 16.5. The molecule has 1 saturated carbocycles. The Morgan fingerprint density at radius 1 is 1.11 bits per heavy atom. The first-order valence-electron chi connectivity index (χ1n) is 6.52. The molecule has 19 heavy (non-hydrogen) atoms. The fourth-order valence-electron chi connectivity index (χ4n) is 2.32. The van der Waals surface area contributed by atoms with Gasteiger partial charge in [-0.3, -0.25) is 4.79 Å². The smallest absolute Gasteiger partial charge is 0.203 e. The fourth-order valence-corrected chi connectivity index (χ4v) is 2.32. The van der Waals surface area contributed by atoms with E-state index < -0.39 is 0 Å². The van der Waals surface area contributed by atoms with Gasteiger partial charge in [0.1, 0.15) is 0 Å². The van der Waals surface area contributed by atoms with E-state index in [9.17, 15) is 4.79 Å². The number of hydrogen-bond acceptors (Lipinski definition) is 4. The lowest BCUT2D eigenvalue weighted by Gasteiger charge is -2.24. The molecule has 0 radical (unpaired) electrons. The van der Waals surface area contributed by atoms with Crippen molar-refractivity contribution in [2.75, 3.05) is 21.3 Å². The van der Waals surface area contributed by atoms with Gasteiger partial charge >= 0.3 is 0 Å². The molecular weight excluding hydrogens is 244 g/mol. The van der Waals surface area contributed by atoms with Crippen LogP contribution in [-0.4, -0.2) is 27.1 Å². The topological polar surface area (TPSA) is 44.8 Å². The number of benzene rings is 1. The highest BCUT2D eigenvalue weighted by Crippen LogP contribution is 2.39. The van der Waals surface area contributed by atoms with Gasteiger partial charge in [-0.05, 0) is 18.1 Å². The summed E-state index contributed by atoms with van der Waals surface area (Å²) in [5.41, 5.74) is 0.626. The van der Waals surface area contributed by atoms with Crippen molar-refractivity contribution in [3.8, 4) is 17.2 Å². The molecule has 104 valence electrons. The lowest BCUT2D eigenvalue weighted by Crippen LogP contribution is -2.16. The van der Waals surface area contributed by atoms with Crippen molar-refractivity contribution in [3.05, 3.63) is 17.7 Å². The molecule has 0 heterocycles. The van der Waals surface area contributed by atoms with E-state index in [0.29, 0.717) is 35.2 Å². The summed E-state index contributed by atoms with van der Waals surface area (Å²) in [6.07, 6.45) is 4.18. The molecule has 0 saturated heterocycles. The zero-order valence-corrected chi connectivity index (χ0v) is 11.7. The molecule has 0 amide bonds. The summed E-state index contributed by atoms with van der Waals surface area (Å²) in [4.78, 5) is 12.2. The summed E-state index contributed by atoms with van der Waals surface area (Å²) < 4.78 is 15.8. The van der Waals surface area contributed by atoms with Gasteiger partial charge in [-0.1, -0.05) is 19.3 Å². The zero-order chi connectivity index (χ0) is 13.8. The fraction of sp³-hybridized carbons (Fsp3) is 0.533. The Kier molecular flexibility index (Phi) is 4.30. The van der Waals surface area contributed by atoms with Crippen LogP contribution in [0.1, 0.15) is 36.0 Å². The number of rotatable bonds is 6. The maximum atomic E-state index is 12.2. The van der Waals surface area contributed by atoms with Crippen molar-refractivity contribution >= 4 is 5.78 Å². The van der Waals surface area contributed by atoms with Crippen molar-refractivity contribution in [2.24, 2.45) is 5.92 Å². The average molecular weight is 264 g/mol. The van der Waals surface area contributed by atoms with Gasteiger partial charge in [0.05, 0.1) is 21.3 Å². The second-order valence-electron chi connectivity index (χ2n) is 4.84. The molecule has 1 aliphatic carbocycles. The molecule has 1 aliphatic rings. The molecule has 0 aliphatic heterocycles. The molecule has 0 unspecified atom stereocenters. The van der Waals surface area contributed by atoms with Crippen molar-refractivity contribution in [1.29, 1.82) is 0 Å². The molecule has 1 fully saturated rings. The van der Waals surface area contributed by atoms with Crippen LogP contribution in [0.4, 0.5) is 0 Å². The summed E-state index contributed by atoms with van der Waals surface area (Å²) in [5.74, 6) is 2.26. The van der Waals surface area contributed by atoms with E-state index in [1.54, 1.807) is 33.5 Å². The number of ketones is 1. The lowest BCUT2D eigenvalue weighted by molar-refractivity contribution is 0.0935. The molecular formula is C15H20O4. The number of hydrogen-bond donors (Lipinski definition) is 0. The lowest BCUT2D eigenvalue weighted by atomic mass is 9.81. The minimum atomic E-state index is 0.143. The minimum Gasteiger partial charge on any atom is -0.493 e. The van der Waals surface area contributed by atoms with Crippen LogP contribution in [0.5, 0.6) is 17.2 Å². The zero-order valence-electron chi connectivity index (χ0n) is 11.7. The third-order valence-electron chi connectivity index (χ3n) is 3.69. The average Bonchev–Trinajstić information content (AvgIpc) is 2.40. The van der Waals surface area contributed by atoms with Crippen molar-refractivity contribution < 1.29 is 19.0 Å². The third-order valence-corrected chi connectivity index (χ3v) is 3.69. The van der Waals surface area contributed by atoms with Crippen LogP contribution >= 0.6 is 0 Å². The predicted molar refractivity (Wildman–Crippen MR) is 72.4 cm³/mol. The van der Waals surface area contributed by atoms with E-state index in [1.807, 2.05) is 0 Å². The largest absolute Gasteiger partial charge is 0.493 e. The van der Waals surface area contributed by atoms with E-state index in [-0.39, 0.29) is 5.78 Å². The van der Waals surface area contributed by atoms with Crippen LogP contribution in [0.25, 0.3) is 0 Å². The molecule has 0 aromatic heterocycles. The van der Waals surface area contributed by atoms with Crippen molar-refractivity contribution in [3.63, 3.8) is 0 Å². The molecule has 0 bridgehead atoms. The van der Waals surface area contributed by atoms with Gasteiger partial charge in [0.25, 0.3) is 0 Å². The number of carbonyl (C=O) groups is 1. The summed E-state index contributed by atoms with van der Waals surface area (Å²) in [6, 6.07) is 3.45. The van der Waals surface area contributed by atoms with Crippen LogP contribution in [0.3, 0.4) is 0 Å². The van der Waals surface area contributed by atoms with Gasteiger partial charge < -0.3 is 14.2 Å². The highest BCUT2D eigenvalue weighted by molar-refractivity contribution is 5.97. The third kappa shape index (κ3) is 2.83. The van der Waals surface area contributed by atoms with Gasteiger partial charge in [-0.2, -0.15) is 0 Å².